The van der Waals surface area contributed by atoms with E-state index < -0.39 is 193 Å². The molecule has 16 N–H and O–H groups in total. The molecule has 3 aromatic rings. The van der Waals surface area contributed by atoms with E-state index in [2.05, 4.69) is 36.1 Å². The highest BCUT2D eigenvalue weighted by molar-refractivity contribution is 7.81. The van der Waals surface area contributed by atoms with Crippen LogP contribution < -0.4 is 41.8 Å². The van der Waals surface area contributed by atoms with E-state index >= 15 is 0 Å². The number of hydrogen-bond donors (Lipinski definition) is 15. The Bertz CT molecular complexity index is 2960. The number of carbonyl (C=O) groups is 8. The molecule has 3 saturated heterocycles. The van der Waals surface area contributed by atoms with Crippen LogP contribution in [0.5, 0.6) is 11.5 Å². The summed E-state index contributed by atoms with van der Waals surface area (Å²) in [5.74, 6) is -11.1. The first-order valence-corrected chi connectivity index (χ1v) is 27.6. The molecule has 8 amide bonds. The van der Waals surface area contributed by atoms with Gasteiger partial charge < -0.3 is 92.1 Å². The zero-order valence-electron chi connectivity index (χ0n) is 44.4. The Hall–Kier alpha value is -7.55. The SMILES string of the molecule is C[C@@H](O)C1NC(=O)[C@@H](N)C[C@@H](O)CNC(=O)[C@@H]2[C@@H](O)[C@@H](C)CN2C(=O)[C@H]([C@H](O)CC(=O)NCCNC(=O)OCC2c3ccccc3-c3ccccc32)NC(=O)[C@H]([C@H](O)Cc2ccc(O)c(OS(=O)(=O)O)c2)NC(=O)[C@@H]2C[C@@H](O)CN2C1=O. The van der Waals surface area contributed by atoms with E-state index in [1.54, 1.807) is 0 Å². The van der Waals surface area contributed by atoms with Crippen LogP contribution in [0, 0.1) is 5.92 Å². The summed E-state index contributed by atoms with van der Waals surface area (Å²) in [5, 5.41) is 91.7. The molecule has 0 saturated carbocycles. The van der Waals surface area contributed by atoms with Gasteiger partial charge in [0.2, 0.25) is 41.4 Å². The summed E-state index contributed by atoms with van der Waals surface area (Å²) < 4.78 is 42.4. The highest BCUT2D eigenvalue weighted by atomic mass is 32.3. The van der Waals surface area contributed by atoms with Gasteiger partial charge in [0.25, 0.3) is 0 Å². The molecule has 3 aliphatic heterocycles. The van der Waals surface area contributed by atoms with Gasteiger partial charge in [-0.2, -0.15) is 8.42 Å². The molecular formula is C52H67N9O20S. The number of benzene rings is 3. The molecule has 0 aromatic heterocycles. The van der Waals surface area contributed by atoms with Gasteiger partial charge in [-0.15, -0.1) is 0 Å². The van der Waals surface area contributed by atoms with Crippen LogP contribution in [0.4, 0.5) is 4.79 Å². The molecule has 30 heteroatoms. The van der Waals surface area contributed by atoms with Crippen molar-refractivity contribution in [3.05, 3.63) is 83.4 Å². The van der Waals surface area contributed by atoms with E-state index in [0.29, 0.717) is 0 Å². The van der Waals surface area contributed by atoms with Crippen LogP contribution >= 0.6 is 0 Å². The van der Waals surface area contributed by atoms with Crippen molar-refractivity contribution >= 4 is 57.8 Å². The maximum atomic E-state index is 14.8. The molecule has 3 heterocycles. The number of rotatable bonds is 14. The standard InChI is InChI=1S/C52H67N9O20S/c1-24-21-61-44(45(24)69)49(73)56-20-27(63)17-34(53)46(70)57-41(25(2)62)50(74)60-22-28(64)18-35(60)47(71)58-42(37(66)15-26-11-12-36(65)39(16-26)81-82(77,78)79)48(72)59-43(51(61)75)38(67)19-40(68)54-13-14-55-52(76)80-23-33-31-9-5-3-7-29(31)30-8-4-6-10-32(30)33/h3-12,16,24-25,27-28,33-35,37-38,41-45,62-67,69H,13-15,17-23,53H2,1-2H3,(H,54,68)(H,55,76)(H,56,73)(H,57,70)(H,58,71)(H,59,72)(H,77,78,79)/t24-,25+,27+,28+,34-,35-,37+,38+,41?,42-,43-,44-,45-/m0/s1. The molecule has 0 bridgehead atoms. The lowest BCUT2D eigenvalue weighted by atomic mass is 9.98. The predicted octanol–water partition coefficient (Wildman–Crippen LogP) is -4.90. The Balaban J connectivity index is 1.15. The fraction of sp³-hybridized carbons (Fsp3) is 0.500. The third-order valence-corrected chi connectivity index (χ3v) is 15.0. The highest BCUT2D eigenvalue weighted by Gasteiger charge is 2.50. The average Bonchev–Trinajstić information content (AvgIpc) is 3.50. The van der Waals surface area contributed by atoms with Crippen molar-refractivity contribution in [1.82, 2.24) is 41.7 Å². The number of phenolic OH excluding ortho intramolecular Hbond substituents is 1. The molecule has 3 fully saturated rings. The zero-order chi connectivity index (χ0) is 59.9. The van der Waals surface area contributed by atoms with Crippen molar-refractivity contribution < 1.29 is 96.0 Å². The normalized spacial score (nSPS) is 27.0. The molecule has 1 unspecified atom stereocenters. The highest BCUT2D eigenvalue weighted by Crippen LogP contribution is 2.44. The van der Waals surface area contributed by atoms with Crippen molar-refractivity contribution in [2.75, 3.05) is 39.3 Å². The number of aromatic hydroxyl groups is 1. The monoisotopic (exact) mass is 1170 g/mol. The summed E-state index contributed by atoms with van der Waals surface area (Å²) in [6.07, 6.45) is -14.4. The molecular weight excluding hydrogens is 1100 g/mol. The van der Waals surface area contributed by atoms with Gasteiger partial charge in [-0.3, -0.25) is 38.1 Å². The number of hydrogen-bond acceptors (Lipinski definition) is 20. The van der Waals surface area contributed by atoms with Gasteiger partial charge in [-0.05, 0) is 53.3 Å². The number of aliphatic hydroxyl groups excluding tert-OH is 6. The molecule has 0 spiro atoms. The molecule has 29 nitrogen and oxygen atoms in total. The number of phenols is 1. The Morgan fingerprint density at radius 1 is 0.756 bits per heavy atom. The van der Waals surface area contributed by atoms with Gasteiger partial charge in [0.05, 0.1) is 49.1 Å². The van der Waals surface area contributed by atoms with E-state index in [1.165, 1.54) is 6.92 Å². The Morgan fingerprint density at radius 3 is 2.01 bits per heavy atom. The first-order chi connectivity index (χ1) is 38.7. The fourth-order valence-electron chi connectivity index (χ4n) is 10.4. The second-order valence-electron chi connectivity index (χ2n) is 20.7. The topological polar surface area (TPSA) is 456 Å². The number of amides is 8. The molecule has 3 aromatic carbocycles. The minimum atomic E-state index is -5.24. The van der Waals surface area contributed by atoms with Crippen molar-refractivity contribution in [2.45, 2.75) is 118 Å². The summed E-state index contributed by atoms with van der Waals surface area (Å²) in [7, 11) is -5.24. The predicted molar refractivity (Wildman–Crippen MR) is 283 cm³/mol. The summed E-state index contributed by atoms with van der Waals surface area (Å²) in [6, 6.07) is 6.67. The third kappa shape index (κ3) is 14.9. The van der Waals surface area contributed by atoms with Crippen molar-refractivity contribution in [3.63, 3.8) is 0 Å². The van der Waals surface area contributed by atoms with Gasteiger partial charge in [-0.25, -0.2) is 4.79 Å². The maximum absolute atomic E-state index is 14.8. The number of ether oxygens (including phenoxy) is 1. The molecule has 82 heavy (non-hydrogen) atoms. The van der Waals surface area contributed by atoms with Gasteiger partial charge in [0.1, 0.15) is 36.8 Å². The van der Waals surface area contributed by atoms with Gasteiger partial charge in [-0.1, -0.05) is 61.5 Å². The molecule has 0 radical (unpaired) electrons. The number of aliphatic hydroxyl groups is 6. The average molecular weight is 1170 g/mol. The van der Waals surface area contributed by atoms with Crippen LogP contribution in [0.1, 0.15) is 55.7 Å². The molecule has 446 valence electrons. The van der Waals surface area contributed by atoms with E-state index in [1.807, 2.05) is 48.5 Å². The second kappa shape index (κ2) is 26.6. The Morgan fingerprint density at radius 2 is 1.37 bits per heavy atom. The second-order valence-corrected chi connectivity index (χ2v) is 21.7. The third-order valence-electron chi connectivity index (χ3n) is 14.6. The van der Waals surface area contributed by atoms with Crippen LogP contribution in [0.15, 0.2) is 66.7 Å². The largest absolute Gasteiger partial charge is 0.504 e. The molecule has 7 rings (SSSR count). The summed E-state index contributed by atoms with van der Waals surface area (Å²) >= 11 is 0. The Labute approximate surface area is 469 Å². The van der Waals surface area contributed by atoms with E-state index in [9.17, 15) is 87.1 Å². The molecule has 4 aliphatic rings. The van der Waals surface area contributed by atoms with E-state index in [0.717, 1.165) is 57.2 Å². The fourth-order valence-corrected chi connectivity index (χ4v) is 10.8. The minimum Gasteiger partial charge on any atom is -0.504 e. The quantitative estimate of drug-likeness (QED) is 0.0531. The number of carbonyl (C=O) groups excluding carboxylic acids is 8. The summed E-state index contributed by atoms with van der Waals surface area (Å²) in [4.78, 5) is 113. The number of nitrogens with two attached hydrogens (primary N) is 1. The Kier molecular flexibility index (Phi) is 20.1. The van der Waals surface area contributed by atoms with Crippen LogP contribution in [-0.2, 0) is 55.1 Å². The number of β-amino-alcohol motifs (C(OH)–C–C–N with tert-alkyl or cyclic N) is 1. The first kappa shape index (κ1) is 62.1. The van der Waals surface area contributed by atoms with Gasteiger partial charge >= 0.3 is 16.5 Å². The summed E-state index contributed by atoms with van der Waals surface area (Å²) in [5.41, 5.74) is 9.90. The lowest BCUT2D eigenvalue weighted by Gasteiger charge is -2.34. The van der Waals surface area contributed by atoms with Gasteiger partial charge in [0.15, 0.2) is 11.5 Å². The maximum Gasteiger partial charge on any atom is 0.446 e. The first-order valence-electron chi connectivity index (χ1n) is 26.2. The number of nitrogens with zero attached hydrogens (tertiary/aromatic N) is 2. The van der Waals surface area contributed by atoms with E-state index in [4.69, 9.17) is 10.5 Å². The van der Waals surface area contributed by atoms with Crippen molar-refractivity contribution in [2.24, 2.45) is 11.7 Å². The lowest BCUT2D eigenvalue weighted by molar-refractivity contribution is -0.147. The molecule has 1 aliphatic carbocycles. The van der Waals surface area contributed by atoms with Crippen LogP contribution in [0.3, 0.4) is 0 Å². The zero-order valence-corrected chi connectivity index (χ0v) is 45.2. The van der Waals surface area contributed by atoms with Crippen molar-refractivity contribution in [3.8, 4) is 22.6 Å². The van der Waals surface area contributed by atoms with Crippen LogP contribution in [-0.4, -0.2) is 218 Å². The smallest absolute Gasteiger partial charge is 0.446 e. The minimum absolute atomic E-state index is 0.0110. The molecule has 13 atom stereocenters. The summed E-state index contributed by atoms with van der Waals surface area (Å²) in [6.45, 7) is 0.451. The van der Waals surface area contributed by atoms with E-state index in [-0.39, 0.29) is 31.2 Å². The van der Waals surface area contributed by atoms with Crippen LogP contribution in [0.2, 0.25) is 0 Å². The lowest BCUT2D eigenvalue weighted by Crippen LogP contribution is -2.64. The number of nitrogens with one attached hydrogen (secondary N) is 6. The number of fused-ring (bicyclic) bond motifs is 5. The van der Waals surface area contributed by atoms with Crippen LogP contribution in [0.25, 0.3) is 11.1 Å². The number of alkyl carbamates (subject to hydrolysis) is 1. The van der Waals surface area contributed by atoms with Crippen molar-refractivity contribution in [1.29, 1.82) is 0 Å². The van der Waals surface area contributed by atoms with Gasteiger partial charge in [0, 0.05) is 57.4 Å².